The number of amides is 1. The third-order valence-corrected chi connectivity index (χ3v) is 7.73. The molecule has 0 aromatic heterocycles. The van der Waals surface area contributed by atoms with Gasteiger partial charge >= 0.3 is 0 Å². The Hall–Kier alpha value is -2.37. The van der Waals surface area contributed by atoms with E-state index in [-0.39, 0.29) is 5.41 Å². The molecule has 5 nitrogen and oxygen atoms in total. The number of piperidine rings is 1. The van der Waals surface area contributed by atoms with Gasteiger partial charge in [-0.2, -0.15) is 0 Å². The van der Waals surface area contributed by atoms with Crippen LogP contribution in [0.5, 0.6) is 5.75 Å². The average Bonchev–Trinajstić information content (AvgIpc) is 3.66. The van der Waals surface area contributed by atoms with Gasteiger partial charge in [0.2, 0.25) is 5.91 Å². The largest absolute Gasteiger partial charge is 0.497 e. The van der Waals surface area contributed by atoms with Crippen molar-refractivity contribution >= 4 is 23.8 Å². The molecule has 1 spiro atoms. The van der Waals surface area contributed by atoms with E-state index in [9.17, 15) is 9.59 Å². The van der Waals surface area contributed by atoms with Crippen LogP contribution in [0, 0.1) is 11.3 Å². The first kappa shape index (κ1) is 25.7. The smallest absolute Gasteiger partial charge is 0.223 e. The van der Waals surface area contributed by atoms with Crippen molar-refractivity contribution in [3.63, 3.8) is 0 Å². The fraction of sp³-hybridized carbons (Fsp3) is 0.517. The van der Waals surface area contributed by atoms with Crippen LogP contribution >= 0.6 is 11.6 Å². The number of halogens is 1. The molecule has 2 heterocycles. The second-order valence-corrected chi connectivity index (χ2v) is 10.8. The first-order valence-electron chi connectivity index (χ1n) is 12.8. The summed E-state index contributed by atoms with van der Waals surface area (Å²) in [4.78, 5) is 26.9. The second kappa shape index (κ2) is 12.0. The number of carbonyl (C=O) groups excluding carboxylic acids is 2. The SMILES string of the molecule is COc1ccc(CN2CC3(CCN(CCCc4cccc(Cl)c4)CC3)CC2=O)cc1.O=CC1CC1. The number of methoxy groups -OCH3 is 1. The summed E-state index contributed by atoms with van der Waals surface area (Å²) in [5, 5.41) is 0.817. The van der Waals surface area contributed by atoms with E-state index in [1.807, 2.05) is 24.3 Å². The van der Waals surface area contributed by atoms with Crippen LogP contribution in [0.15, 0.2) is 48.5 Å². The molecule has 0 atom stereocenters. The third kappa shape index (κ3) is 7.55. The first-order valence-corrected chi connectivity index (χ1v) is 13.2. The van der Waals surface area contributed by atoms with Gasteiger partial charge in [-0.25, -0.2) is 0 Å². The summed E-state index contributed by atoms with van der Waals surface area (Å²) in [7, 11) is 1.67. The van der Waals surface area contributed by atoms with Gasteiger partial charge in [0.1, 0.15) is 12.0 Å². The van der Waals surface area contributed by atoms with Gasteiger partial charge in [-0.3, -0.25) is 4.79 Å². The second-order valence-electron chi connectivity index (χ2n) is 10.3. The lowest BCUT2D eigenvalue weighted by molar-refractivity contribution is -0.128. The number of ether oxygens (including phenoxy) is 1. The van der Waals surface area contributed by atoms with Crippen LogP contribution in [-0.4, -0.2) is 55.3 Å². The van der Waals surface area contributed by atoms with Crippen LogP contribution in [0.4, 0.5) is 0 Å². The lowest BCUT2D eigenvalue weighted by Crippen LogP contribution is -2.41. The van der Waals surface area contributed by atoms with E-state index in [0.717, 1.165) is 81.8 Å². The Kier molecular flexibility index (Phi) is 8.85. The minimum Gasteiger partial charge on any atom is -0.497 e. The van der Waals surface area contributed by atoms with E-state index in [1.165, 1.54) is 11.1 Å². The molecule has 188 valence electrons. The Morgan fingerprint density at radius 2 is 1.83 bits per heavy atom. The molecule has 2 saturated heterocycles. The predicted molar refractivity (Wildman–Crippen MR) is 140 cm³/mol. The maximum atomic E-state index is 12.7. The molecule has 35 heavy (non-hydrogen) atoms. The number of hydrogen-bond donors (Lipinski definition) is 0. The summed E-state index contributed by atoms with van der Waals surface area (Å²) in [6.45, 7) is 4.91. The number of nitrogens with zero attached hydrogens (tertiary/aromatic N) is 2. The molecule has 1 saturated carbocycles. The molecule has 3 aliphatic rings. The molecule has 0 N–H and O–H groups in total. The highest BCUT2D eigenvalue weighted by atomic mass is 35.5. The monoisotopic (exact) mass is 496 g/mol. The zero-order chi connectivity index (χ0) is 24.7. The molecular weight excluding hydrogens is 460 g/mol. The van der Waals surface area contributed by atoms with Crippen molar-refractivity contribution in [1.29, 1.82) is 0 Å². The normalized spacial score (nSPS) is 19.4. The minimum absolute atomic E-state index is 0.174. The van der Waals surface area contributed by atoms with Crippen LogP contribution < -0.4 is 4.74 Å². The number of carbonyl (C=O) groups is 2. The highest BCUT2D eigenvalue weighted by Crippen LogP contribution is 2.41. The molecule has 2 aromatic carbocycles. The van der Waals surface area contributed by atoms with E-state index in [0.29, 0.717) is 24.8 Å². The van der Waals surface area contributed by atoms with Crippen LogP contribution in [0.25, 0.3) is 0 Å². The number of likely N-dealkylation sites (tertiary alicyclic amines) is 2. The number of benzene rings is 2. The lowest BCUT2D eigenvalue weighted by atomic mass is 9.77. The first-order chi connectivity index (χ1) is 17.0. The zero-order valence-corrected chi connectivity index (χ0v) is 21.5. The Bertz CT molecular complexity index is 982. The van der Waals surface area contributed by atoms with Crippen molar-refractivity contribution < 1.29 is 14.3 Å². The summed E-state index contributed by atoms with van der Waals surface area (Å²) in [5.41, 5.74) is 2.65. The zero-order valence-electron chi connectivity index (χ0n) is 20.8. The van der Waals surface area contributed by atoms with Gasteiger partial charge in [0.15, 0.2) is 0 Å². The van der Waals surface area contributed by atoms with Crippen molar-refractivity contribution in [2.45, 2.75) is 51.5 Å². The molecule has 1 amide bonds. The summed E-state index contributed by atoms with van der Waals surface area (Å²) in [5.74, 6) is 1.61. The van der Waals surface area contributed by atoms with Gasteiger partial charge in [0.05, 0.1) is 7.11 Å². The quantitative estimate of drug-likeness (QED) is 0.460. The van der Waals surface area contributed by atoms with Gasteiger partial charge in [-0.15, -0.1) is 0 Å². The Balaban J connectivity index is 0.000000514. The molecule has 1 aliphatic carbocycles. The molecule has 0 bridgehead atoms. The molecule has 2 aliphatic heterocycles. The average molecular weight is 497 g/mol. The number of hydrogen-bond acceptors (Lipinski definition) is 4. The van der Waals surface area contributed by atoms with Gasteiger partial charge in [-0.05, 0) is 99.0 Å². The van der Waals surface area contributed by atoms with Crippen LogP contribution in [0.1, 0.15) is 49.7 Å². The van der Waals surface area contributed by atoms with E-state index >= 15 is 0 Å². The van der Waals surface area contributed by atoms with Crippen LogP contribution in [0.2, 0.25) is 5.02 Å². The molecule has 5 rings (SSSR count). The number of rotatable bonds is 8. The summed E-state index contributed by atoms with van der Waals surface area (Å²) in [6, 6.07) is 16.2. The van der Waals surface area contributed by atoms with Crippen LogP contribution in [-0.2, 0) is 22.6 Å². The van der Waals surface area contributed by atoms with Crippen molar-refractivity contribution in [3.8, 4) is 5.75 Å². The van der Waals surface area contributed by atoms with E-state index in [2.05, 4.69) is 34.1 Å². The Morgan fingerprint density at radius 1 is 1.09 bits per heavy atom. The molecule has 2 aromatic rings. The maximum Gasteiger partial charge on any atom is 0.223 e. The Morgan fingerprint density at radius 3 is 2.43 bits per heavy atom. The molecular formula is C29H37ClN2O3. The van der Waals surface area contributed by atoms with Gasteiger partial charge < -0.3 is 19.3 Å². The molecule has 3 fully saturated rings. The summed E-state index contributed by atoms with van der Waals surface area (Å²) in [6.07, 6.45) is 8.47. The Labute approximate surface area is 214 Å². The van der Waals surface area contributed by atoms with E-state index in [1.54, 1.807) is 7.11 Å². The van der Waals surface area contributed by atoms with Gasteiger partial charge in [0.25, 0.3) is 0 Å². The highest BCUT2D eigenvalue weighted by molar-refractivity contribution is 6.30. The maximum absolute atomic E-state index is 12.7. The molecule has 0 radical (unpaired) electrons. The van der Waals surface area contributed by atoms with Gasteiger partial charge in [-0.1, -0.05) is 35.9 Å². The van der Waals surface area contributed by atoms with Gasteiger partial charge in [0, 0.05) is 30.5 Å². The summed E-state index contributed by atoms with van der Waals surface area (Å²) < 4.78 is 5.23. The lowest BCUT2D eigenvalue weighted by Gasteiger charge is -2.38. The number of aryl methyl sites for hydroxylation is 1. The fourth-order valence-electron chi connectivity index (χ4n) is 5.09. The topological polar surface area (TPSA) is 49.9 Å². The van der Waals surface area contributed by atoms with Crippen LogP contribution in [0.3, 0.4) is 0 Å². The highest BCUT2D eigenvalue weighted by Gasteiger charge is 2.44. The van der Waals surface area contributed by atoms with Crippen molar-refractivity contribution in [3.05, 3.63) is 64.7 Å². The van der Waals surface area contributed by atoms with E-state index in [4.69, 9.17) is 16.3 Å². The predicted octanol–water partition coefficient (Wildman–Crippen LogP) is 5.39. The third-order valence-electron chi connectivity index (χ3n) is 7.50. The molecule has 0 unspecified atom stereocenters. The van der Waals surface area contributed by atoms with Crippen molar-refractivity contribution in [1.82, 2.24) is 9.80 Å². The summed E-state index contributed by atoms with van der Waals surface area (Å²) >= 11 is 6.08. The van der Waals surface area contributed by atoms with Crippen molar-refractivity contribution in [2.75, 3.05) is 33.3 Å². The fourth-order valence-corrected chi connectivity index (χ4v) is 5.31. The number of aldehydes is 1. The van der Waals surface area contributed by atoms with E-state index < -0.39 is 0 Å². The van der Waals surface area contributed by atoms with Crippen molar-refractivity contribution in [2.24, 2.45) is 11.3 Å². The standard InChI is InChI=1S/C25H31ClN2O2.C4H6O/c1-30-23-9-7-21(8-10-23)18-28-19-25(17-24(28)29)11-14-27(15-12-25)13-3-5-20-4-2-6-22(26)16-20;5-3-4-1-2-4/h2,4,6-10,16H,3,5,11-15,17-19H2,1H3;3-4H,1-2H2. The minimum atomic E-state index is 0.174. The molecule has 6 heteroatoms.